The summed E-state index contributed by atoms with van der Waals surface area (Å²) < 4.78 is 5.61. The topological polar surface area (TPSA) is 95.9 Å². The standard InChI is InChI=1S/C20H19N5O2S/c1-14-10-15(2)12-17(11-14)25(9-3-6-21)18(26)13-28-20-24-23-19(27-20)16-4-7-22-8-5-16/h4-5,7-8,10-12H,3,9,13H2,1-2H3. The Labute approximate surface area is 167 Å². The number of nitrogens with zero attached hydrogens (tertiary/aromatic N) is 5. The molecule has 0 atom stereocenters. The fraction of sp³-hybridized carbons (Fsp3) is 0.250. The number of benzene rings is 1. The highest BCUT2D eigenvalue weighted by Crippen LogP contribution is 2.25. The molecule has 0 bridgehead atoms. The molecule has 7 nitrogen and oxygen atoms in total. The average molecular weight is 393 g/mol. The number of thioether (sulfide) groups is 1. The van der Waals surface area contributed by atoms with Crippen molar-refractivity contribution in [1.82, 2.24) is 15.2 Å². The number of hydrogen-bond acceptors (Lipinski definition) is 7. The van der Waals surface area contributed by atoms with Crippen LogP contribution in [0, 0.1) is 25.2 Å². The third kappa shape index (κ3) is 4.96. The Morgan fingerprint density at radius 3 is 2.57 bits per heavy atom. The highest BCUT2D eigenvalue weighted by Gasteiger charge is 2.18. The molecule has 0 aliphatic rings. The molecule has 0 aliphatic heterocycles. The van der Waals surface area contributed by atoms with E-state index in [-0.39, 0.29) is 18.1 Å². The van der Waals surface area contributed by atoms with Crippen molar-refractivity contribution in [1.29, 1.82) is 5.26 Å². The molecule has 0 spiro atoms. The number of carbonyl (C=O) groups is 1. The minimum atomic E-state index is -0.117. The molecule has 0 fully saturated rings. The Hall–Kier alpha value is -3.18. The average Bonchev–Trinajstić information content (AvgIpc) is 3.16. The summed E-state index contributed by atoms with van der Waals surface area (Å²) in [5, 5.41) is 17.3. The molecule has 8 heteroatoms. The lowest BCUT2D eigenvalue weighted by molar-refractivity contribution is -0.116. The summed E-state index contributed by atoms with van der Waals surface area (Å²) in [5.41, 5.74) is 3.69. The van der Waals surface area contributed by atoms with E-state index in [0.717, 1.165) is 22.4 Å². The molecule has 2 heterocycles. The maximum Gasteiger partial charge on any atom is 0.277 e. The molecule has 1 amide bonds. The molecular formula is C20H19N5O2S. The van der Waals surface area contributed by atoms with Crippen LogP contribution in [0.1, 0.15) is 17.5 Å². The Morgan fingerprint density at radius 2 is 1.89 bits per heavy atom. The monoisotopic (exact) mass is 393 g/mol. The van der Waals surface area contributed by atoms with Gasteiger partial charge < -0.3 is 9.32 Å². The lowest BCUT2D eigenvalue weighted by Crippen LogP contribution is -2.33. The maximum absolute atomic E-state index is 12.8. The molecule has 3 aromatic rings. The predicted octanol–water partition coefficient (Wildman–Crippen LogP) is 3.79. The van der Waals surface area contributed by atoms with Gasteiger partial charge in [0.25, 0.3) is 5.22 Å². The van der Waals surface area contributed by atoms with E-state index < -0.39 is 0 Å². The molecule has 2 aromatic heterocycles. The van der Waals surface area contributed by atoms with Crippen molar-refractivity contribution < 1.29 is 9.21 Å². The van der Waals surface area contributed by atoms with Crippen molar-refractivity contribution in [3.8, 4) is 17.5 Å². The number of rotatable bonds is 7. The number of aryl methyl sites for hydroxylation is 2. The first-order valence-electron chi connectivity index (χ1n) is 8.69. The SMILES string of the molecule is Cc1cc(C)cc(N(CCC#N)C(=O)CSc2nnc(-c3ccncc3)o2)c1. The predicted molar refractivity (Wildman–Crippen MR) is 107 cm³/mol. The molecule has 3 rings (SSSR count). The van der Waals surface area contributed by atoms with Crippen molar-refractivity contribution in [3.05, 3.63) is 53.9 Å². The minimum Gasteiger partial charge on any atom is -0.411 e. The van der Waals surface area contributed by atoms with Crippen LogP contribution in [0.4, 0.5) is 5.69 Å². The number of aromatic nitrogens is 3. The highest BCUT2D eigenvalue weighted by molar-refractivity contribution is 7.99. The molecule has 1 aromatic carbocycles. The van der Waals surface area contributed by atoms with E-state index in [1.165, 1.54) is 11.8 Å². The molecule has 28 heavy (non-hydrogen) atoms. The lowest BCUT2D eigenvalue weighted by Gasteiger charge is -2.22. The second kappa shape index (κ2) is 9.15. The van der Waals surface area contributed by atoms with E-state index in [1.54, 1.807) is 29.4 Å². The van der Waals surface area contributed by atoms with Crippen LogP contribution in [0.25, 0.3) is 11.5 Å². The molecule has 142 valence electrons. The third-order valence-electron chi connectivity index (χ3n) is 3.92. The number of carbonyl (C=O) groups excluding carboxylic acids is 1. The second-order valence-electron chi connectivity index (χ2n) is 6.20. The largest absolute Gasteiger partial charge is 0.411 e. The van der Waals surface area contributed by atoms with Gasteiger partial charge in [0.15, 0.2) is 0 Å². The first-order valence-corrected chi connectivity index (χ1v) is 9.67. The zero-order chi connectivity index (χ0) is 19.9. The van der Waals surface area contributed by atoms with Gasteiger partial charge in [-0.05, 0) is 49.2 Å². The number of hydrogen-bond donors (Lipinski definition) is 0. The number of anilines is 1. The van der Waals surface area contributed by atoms with E-state index >= 15 is 0 Å². The van der Waals surface area contributed by atoms with Gasteiger partial charge in [-0.1, -0.05) is 17.8 Å². The molecule has 0 unspecified atom stereocenters. The number of nitriles is 1. The number of pyridine rings is 1. The Bertz CT molecular complexity index is 977. The summed E-state index contributed by atoms with van der Waals surface area (Å²) in [7, 11) is 0. The van der Waals surface area contributed by atoms with E-state index in [2.05, 4.69) is 21.3 Å². The molecule has 0 aliphatic carbocycles. The van der Waals surface area contributed by atoms with Gasteiger partial charge in [-0.3, -0.25) is 9.78 Å². The van der Waals surface area contributed by atoms with Gasteiger partial charge in [-0.2, -0.15) is 5.26 Å². The van der Waals surface area contributed by atoms with E-state index in [4.69, 9.17) is 9.68 Å². The zero-order valence-corrected chi connectivity index (χ0v) is 16.4. The summed E-state index contributed by atoms with van der Waals surface area (Å²) in [6, 6.07) is 11.6. The molecule has 0 radical (unpaired) electrons. The van der Waals surface area contributed by atoms with Gasteiger partial charge in [-0.25, -0.2) is 0 Å². The summed E-state index contributed by atoms with van der Waals surface area (Å²) >= 11 is 1.18. The lowest BCUT2D eigenvalue weighted by atomic mass is 10.1. The van der Waals surface area contributed by atoms with Gasteiger partial charge in [0, 0.05) is 30.2 Å². The zero-order valence-electron chi connectivity index (χ0n) is 15.6. The van der Waals surface area contributed by atoms with Crippen molar-refractivity contribution >= 4 is 23.4 Å². The van der Waals surface area contributed by atoms with E-state index in [1.807, 2.05) is 32.0 Å². The Morgan fingerprint density at radius 1 is 1.18 bits per heavy atom. The van der Waals surface area contributed by atoms with Gasteiger partial charge >= 0.3 is 0 Å². The van der Waals surface area contributed by atoms with Crippen LogP contribution in [0.15, 0.2) is 52.4 Å². The first kappa shape index (κ1) is 19.6. The molecule has 0 N–H and O–H groups in total. The van der Waals surface area contributed by atoms with Crippen molar-refractivity contribution in [2.24, 2.45) is 0 Å². The minimum absolute atomic E-state index is 0.117. The van der Waals surface area contributed by atoms with Crippen molar-refractivity contribution in [2.75, 3.05) is 17.2 Å². The van der Waals surface area contributed by atoms with Crippen LogP contribution < -0.4 is 4.90 Å². The first-order chi connectivity index (χ1) is 13.6. The summed E-state index contributed by atoms with van der Waals surface area (Å²) in [6.07, 6.45) is 3.55. The van der Waals surface area contributed by atoms with Gasteiger partial charge in [0.05, 0.1) is 18.2 Å². The molecule has 0 saturated heterocycles. The number of amides is 1. The van der Waals surface area contributed by atoms with Crippen LogP contribution in [-0.4, -0.2) is 33.4 Å². The van der Waals surface area contributed by atoms with Gasteiger partial charge in [0.1, 0.15) is 0 Å². The van der Waals surface area contributed by atoms with Crippen molar-refractivity contribution in [2.45, 2.75) is 25.5 Å². The van der Waals surface area contributed by atoms with Gasteiger partial charge in [-0.15, -0.1) is 10.2 Å². The van der Waals surface area contributed by atoms with Crippen molar-refractivity contribution in [3.63, 3.8) is 0 Å². The van der Waals surface area contributed by atoms with Crippen LogP contribution in [-0.2, 0) is 4.79 Å². The Balaban J connectivity index is 1.70. The molecular weight excluding hydrogens is 374 g/mol. The normalized spacial score (nSPS) is 10.5. The van der Waals surface area contributed by atoms with Crippen LogP contribution in [0.3, 0.4) is 0 Å². The summed E-state index contributed by atoms with van der Waals surface area (Å²) in [6.45, 7) is 4.30. The second-order valence-corrected chi connectivity index (χ2v) is 7.12. The Kier molecular flexibility index (Phi) is 6.40. The van der Waals surface area contributed by atoms with E-state index in [9.17, 15) is 4.79 Å². The van der Waals surface area contributed by atoms with Crippen LogP contribution in [0.5, 0.6) is 0 Å². The summed E-state index contributed by atoms with van der Waals surface area (Å²) in [4.78, 5) is 18.4. The van der Waals surface area contributed by atoms with E-state index in [0.29, 0.717) is 17.7 Å². The smallest absolute Gasteiger partial charge is 0.277 e. The fourth-order valence-electron chi connectivity index (χ4n) is 2.75. The summed E-state index contributed by atoms with van der Waals surface area (Å²) in [5.74, 6) is 0.401. The van der Waals surface area contributed by atoms with Crippen LogP contribution in [0.2, 0.25) is 0 Å². The highest BCUT2D eigenvalue weighted by atomic mass is 32.2. The van der Waals surface area contributed by atoms with Crippen LogP contribution >= 0.6 is 11.8 Å². The fourth-order valence-corrected chi connectivity index (χ4v) is 3.39. The third-order valence-corrected chi connectivity index (χ3v) is 4.72. The van der Waals surface area contributed by atoms with Gasteiger partial charge in [0.2, 0.25) is 11.8 Å². The quantitative estimate of drug-likeness (QED) is 0.563. The molecule has 0 saturated carbocycles. The maximum atomic E-state index is 12.8.